The molecular formula is C9H9ClN4S. The maximum Gasteiger partial charge on any atom is 0.145 e. The van der Waals surface area contributed by atoms with E-state index in [1.54, 1.807) is 29.1 Å². The quantitative estimate of drug-likeness (QED) is 0.865. The van der Waals surface area contributed by atoms with Gasteiger partial charge in [0.2, 0.25) is 0 Å². The largest absolute Gasteiger partial charge is 0.397 e. The van der Waals surface area contributed by atoms with Crippen molar-refractivity contribution in [2.24, 2.45) is 0 Å². The van der Waals surface area contributed by atoms with Gasteiger partial charge >= 0.3 is 0 Å². The number of pyridine rings is 1. The van der Waals surface area contributed by atoms with Gasteiger partial charge in [-0.2, -0.15) is 0 Å². The van der Waals surface area contributed by atoms with Crippen LogP contribution in [0.2, 0.25) is 5.02 Å². The van der Waals surface area contributed by atoms with Crippen LogP contribution in [0.5, 0.6) is 0 Å². The van der Waals surface area contributed by atoms with Gasteiger partial charge in [-0.05, 0) is 6.07 Å². The van der Waals surface area contributed by atoms with Crippen LogP contribution in [0.4, 0.5) is 11.5 Å². The van der Waals surface area contributed by atoms with Crippen molar-refractivity contribution in [3.05, 3.63) is 33.9 Å². The van der Waals surface area contributed by atoms with Crippen LogP contribution in [0.1, 0.15) is 4.88 Å². The second-order valence-electron chi connectivity index (χ2n) is 2.92. The number of halogens is 1. The first kappa shape index (κ1) is 10.2. The van der Waals surface area contributed by atoms with E-state index in [2.05, 4.69) is 15.3 Å². The molecule has 15 heavy (non-hydrogen) atoms. The van der Waals surface area contributed by atoms with E-state index in [1.165, 1.54) is 0 Å². The van der Waals surface area contributed by atoms with E-state index >= 15 is 0 Å². The number of anilines is 2. The molecule has 2 rings (SSSR count). The molecule has 0 bridgehead atoms. The van der Waals surface area contributed by atoms with Gasteiger partial charge in [-0.15, -0.1) is 11.3 Å². The number of thiazole rings is 1. The lowest BCUT2D eigenvalue weighted by Crippen LogP contribution is -2.01. The van der Waals surface area contributed by atoms with Crippen molar-refractivity contribution in [1.82, 2.24) is 9.97 Å². The van der Waals surface area contributed by atoms with E-state index in [0.717, 1.165) is 4.88 Å². The van der Waals surface area contributed by atoms with Crippen molar-refractivity contribution in [1.29, 1.82) is 0 Å². The standard InChI is InChI=1S/C9H9ClN4S/c10-8-1-6(11)2-13-9(8)14-4-7-3-12-5-15-7/h1-3,5H,4,11H2,(H,13,14). The molecule has 0 unspecified atom stereocenters. The maximum atomic E-state index is 5.95. The number of rotatable bonds is 3. The minimum Gasteiger partial charge on any atom is -0.397 e. The highest BCUT2D eigenvalue weighted by Crippen LogP contribution is 2.21. The van der Waals surface area contributed by atoms with Crippen molar-refractivity contribution in [3.63, 3.8) is 0 Å². The van der Waals surface area contributed by atoms with Crippen LogP contribution in [-0.4, -0.2) is 9.97 Å². The van der Waals surface area contributed by atoms with Gasteiger partial charge in [-0.1, -0.05) is 11.6 Å². The molecular weight excluding hydrogens is 232 g/mol. The third-order valence-electron chi connectivity index (χ3n) is 1.78. The number of nitrogens with zero attached hydrogens (tertiary/aromatic N) is 2. The molecule has 0 radical (unpaired) electrons. The average Bonchev–Trinajstić information content (AvgIpc) is 2.69. The van der Waals surface area contributed by atoms with Crippen molar-refractivity contribution in [2.75, 3.05) is 11.1 Å². The molecule has 0 aliphatic rings. The average molecular weight is 241 g/mol. The number of nitrogen functional groups attached to an aromatic ring is 1. The summed E-state index contributed by atoms with van der Waals surface area (Å²) in [7, 11) is 0. The van der Waals surface area contributed by atoms with Gasteiger partial charge in [0, 0.05) is 11.1 Å². The molecule has 0 atom stereocenters. The number of nitrogens with two attached hydrogens (primary N) is 1. The molecule has 0 aromatic carbocycles. The topological polar surface area (TPSA) is 63.8 Å². The van der Waals surface area contributed by atoms with Gasteiger partial charge in [0.15, 0.2) is 0 Å². The molecule has 0 saturated carbocycles. The smallest absolute Gasteiger partial charge is 0.145 e. The minimum absolute atomic E-state index is 0.527. The summed E-state index contributed by atoms with van der Waals surface area (Å²) >= 11 is 7.53. The maximum absolute atomic E-state index is 5.95. The molecule has 2 aromatic rings. The van der Waals surface area contributed by atoms with E-state index in [9.17, 15) is 0 Å². The fourth-order valence-electron chi connectivity index (χ4n) is 1.08. The highest BCUT2D eigenvalue weighted by atomic mass is 35.5. The number of aromatic nitrogens is 2. The van der Waals surface area contributed by atoms with Crippen molar-refractivity contribution in [3.8, 4) is 0 Å². The van der Waals surface area contributed by atoms with Gasteiger partial charge in [0.05, 0.1) is 29.0 Å². The van der Waals surface area contributed by atoms with Crippen LogP contribution in [0.3, 0.4) is 0 Å². The van der Waals surface area contributed by atoms with Gasteiger partial charge < -0.3 is 11.1 Å². The lowest BCUT2D eigenvalue weighted by molar-refractivity contribution is 1.13. The first-order valence-electron chi connectivity index (χ1n) is 4.28. The molecule has 0 fully saturated rings. The lowest BCUT2D eigenvalue weighted by atomic mass is 10.4. The Labute approximate surface area is 96.1 Å². The van der Waals surface area contributed by atoms with Gasteiger partial charge in [0.25, 0.3) is 0 Å². The van der Waals surface area contributed by atoms with Crippen LogP contribution in [0, 0.1) is 0 Å². The summed E-state index contributed by atoms with van der Waals surface area (Å²) in [6.45, 7) is 0.668. The van der Waals surface area contributed by atoms with Gasteiger partial charge in [-0.3, -0.25) is 4.98 Å². The molecule has 0 saturated heterocycles. The van der Waals surface area contributed by atoms with Crippen LogP contribution < -0.4 is 11.1 Å². The van der Waals surface area contributed by atoms with Gasteiger partial charge in [0.1, 0.15) is 5.82 Å². The van der Waals surface area contributed by atoms with E-state index < -0.39 is 0 Å². The third-order valence-corrected chi connectivity index (χ3v) is 2.84. The Morgan fingerprint density at radius 1 is 1.47 bits per heavy atom. The molecule has 4 nitrogen and oxygen atoms in total. The highest BCUT2D eigenvalue weighted by molar-refractivity contribution is 7.09. The van der Waals surface area contributed by atoms with Crippen LogP contribution >= 0.6 is 22.9 Å². The van der Waals surface area contributed by atoms with Crippen LogP contribution in [-0.2, 0) is 6.54 Å². The van der Waals surface area contributed by atoms with E-state index in [1.807, 2.05) is 6.20 Å². The Bertz CT molecular complexity index is 443. The molecule has 0 spiro atoms. The molecule has 6 heteroatoms. The van der Waals surface area contributed by atoms with Crippen molar-refractivity contribution < 1.29 is 0 Å². The first-order valence-corrected chi connectivity index (χ1v) is 5.54. The molecule has 2 heterocycles. The lowest BCUT2D eigenvalue weighted by Gasteiger charge is -2.05. The van der Waals surface area contributed by atoms with Crippen LogP contribution in [0.25, 0.3) is 0 Å². The fraction of sp³-hybridized carbons (Fsp3) is 0.111. The molecule has 78 valence electrons. The minimum atomic E-state index is 0.527. The zero-order valence-corrected chi connectivity index (χ0v) is 9.35. The second kappa shape index (κ2) is 4.46. The molecule has 0 amide bonds. The predicted molar refractivity (Wildman–Crippen MR) is 63.1 cm³/mol. The number of hydrogen-bond acceptors (Lipinski definition) is 5. The second-order valence-corrected chi connectivity index (χ2v) is 4.30. The molecule has 2 aromatic heterocycles. The fourth-order valence-corrected chi connectivity index (χ4v) is 1.86. The highest BCUT2D eigenvalue weighted by Gasteiger charge is 2.02. The summed E-state index contributed by atoms with van der Waals surface area (Å²) in [5.74, 6) is 0.638. The summed E-state index contributed by atoms with van der Waals surface area (Å²) in [4.78, 5) is 9.20. The zero-order chi connectivity index (χ0) is 10.7. The summed E-state index contributed by atoms with van der Waals surface area (Å²) in [5, 5.41) is 3.64. The van der Waals surface area contributed by atoms with E-state index in [0.29, 0.717) is 23.1 Å². The van der Waals surface area contributed by atoms with Crippen molar-refractivity contribution in [2.45, 2.75) is 6.54 Å². The Morgan fingerprint density at radius 3 is 3.00 bits per heavy atom. The first-order chi connectivity index (χ1) is 7.25. The third kappa shape index (κ3) is 2.57. The summed E-state index contributed by atoms with van der Waals surface area (Å²) in [6, 6.07) is 1.67. The van der Waals surface area contributed by atoms with Crippen LogP contribution in [0.15, 0.2) is 24.0 Å². The normalized spacial score (nSPS) is 10.2. The molecule has 3 N–H and O–H groups in total. The monoisotopic (exact) mass is 240 g/mol. The number of hydrogen-bond donors (Lipinski definition) is 2. The molecule has 0 aliphatic carbocycles. The zero-order valence-electron chi connectivity index (χ0n) is 7.77. The Hall–Kier alpha value is -1.33. The van der Waals surface area contributed by atoms with Crippen molar-refractivity contribution >= 4 is 34.4 Å². The van der Waals surface area contributed by atoms with Gasteiger partial charge in [-0.25, -0.2) is 4.98 Å². The Kier molecular flexibility index (Phi) is 3.03. The molecule has 0 aliphatic heterocycles. The van der Waals surface area contributed by atoms with E-state index in [4.69, 9.17) is 17.3 Å². The summed E-state index contributed by atoms with van der Waals surface area (Å²) in [6.07, 6.45) is 3.38. The Morgan fingerprint density at radius 2 is 2.33 bits per heavy atom. The van der Waals surface area contributed by atoms with E-state index in [-0.39, 0.29) is 0 Å². The number of nitrogens with one attached hydrogen (secondary N) is 1. The summed E-state index contributed by atoms with van der Waals surface area (Å²) < 4.78 is 0. The summed E-state index contributed by atoms with van der Waals surface area (Å²) in [5.41, 5.74) is 7.88. The Balaban J connectivity index is 2.05. The predicted octanol–water partition coefficient (Wildman–Crippen LogP) is 2.39. The SMILES string of the molecule is Nc1cnc(NCc2cncs2)c(Cl)c1.